The fraction of sp³-hybridized carbons (Fsp3) is 0.571. The molecule has 2 amide bonds. The van der Waals surface area contributed by atoms with Crippen molar-refractivity contribution in [3.8, 4) is 11.5 Å². The second-order valence-electron chi connectivity index (χ2n) is 7.44. The normalized spacial score (nSPS) is 20.4. The molecule has 0 radical (unpaired) electrons. The number of rotatable bonds is 9. The second-order valence-corrected chi connectivity index (χ2v) is 7.44. The summed E-state index contributed by atoms with van der Waals surface area (Å²) in [6, 6.07) is 2.60. The summed E-state index contributed by atoms with van der Waals surface area (Å²) >= 11 is 0. The van der Waals surface area contributed by atoms with Gasteiger partial charge in [-0.25, -0.2) is 4.79 Å². The van der Waals surface area contributed by atoms with Crippen LogP contribution in [-0.2, 0) is 19.1 Å². The van der Waals surface area contributed by atoms with Crippen LogP contribution in [0.15, 0.2) is 12.1 Å². The Balaban J connectivity index is 1.76. The Hall–Kier alpha value is -2.81. The number of fused-ring (bicyclic) bond motifs is 1. The standard InChI is InChI=1S/C21H28N2O7/c1-12(2)29-11-5-10-22-19(25)14-7-9-16(24)23(14)20-13-6-8-15(27-3)18(28-4)17(13)21(26)30-20/h6,8,12,14,20H,5,7,9-11H2,1-4H3,(H,22,25). The van der Waals surface area contributed by atoms with Crippen molar-refractivity contribution in [3.05, 3.63) is 23.3 Å². The van der Waals surface area contributed by atoms with Crippen LogP contribution in [0.3, 0.4) is 0 Å². The Morgan fingerprint density at radius 1 is 1.27 bits per heavy atom. The van der Waals surface area contributed by atoms with Crippen LogP contribution in [0.5, 0.6) is 11.5 Å². The molecule has 1 saturated heterocycles. The van der Waals surface area contributed by atoms with Gasteiger partial charge in [-0.1, -0.05) is 0 Å². The number of hydrogen-bond donors (Lipinski definition) is 1. The van der Waals surface area contributed by atoms with Gasteiger partial charge in [0.25, 0.3) is 0 Å². The van der Waals surface area contributed by atoms with Gasteiger partial charge < -0.3 is 24.3 Å². The summed E-state index contributed by atoms with van der Waals surface area (Å²) in [5, 5.41) is 2.85. The summed E-state index contributed by atoms with van der Waals surface area (Å²) in [5.41, 5.74) is 0.697. The van der Waals surface area contributed by atoms with E-state index >= 15 is 0 Å². The molecule has 2 aliphatic rings. The molecule has 164 valence electrons. The van der Waals surface area contributed by atoms with Crippen molar-refractivity contribution in [2.24, 2.45) is 0 Å². The van der Waals surface area contributed by atoms with Gasteiger partial charge in [0.15, 0.2) is 11.5 Å². The number of benzene rings is 1. The molecule has 0 saturated carbocycles. The molecule has 0 aromatic heterocycles. The third-order valence-corrected chi connectivity index (χ3v) is 5.15. The van der Waals surface area contributed by atoms with Crippen LogP contribution in [-0.4, -0.2) is 62.2 Å². The molecule has 1 fully saturated rings. The van der Waals surface area contributed by atoms with Crippen molar-refractivity contribution < 1.29 is 33.3 Å². The minimum Gasteiger partial charge on any atom is -0.493 e. The van der Waals surface area contributed by atoms with Crippen LogP contribution in [0.25, 0.3) is 0 Å². The molecule has 2 aliphatic heterocycles. The summed E-state index contributed by atoms with van der Waals surface area (Å²) in [6.45, 7) is 4.88. The molecule has 9 nitrogen and oxygen atoms in total. The molecule has 0 bridgehead atoms. The lowest BCUT2D eigenvalue weighted by Crippen LogP contribution is -2.46. The molecular formula is C21H28N2O7. The maximum Gasteiger partial charge on any atom is 0.344 e. The van der Waals surface area contributed by atoms with Gasteiger partial charge in [-0.15, -0.1) is 0 Å². The quantitative estimate of drug-likeness (QED) is 0.480. The van der Waals surface area contributed by atoms with Crippen LogP contribution in [0, 0.1) is 0 Å². The van der Waals surface area contributed by atoms with Crippen molar-refractivity contribution in [1.82, 2.24) is 10.2 Å². The number of carbonyl (C=O) groups is 3. The maximum atomic E-state index is 12.7. The van der Waals surface area contributed by atoms with Gasteiger partial charge in [-0.3, -0.25) is 14.5 Å². The Labute approximate surface area is 175 Å². The maximum absolute atomic E-state index is 12.7. The number of hydrogen-bond acceptors (Lipinski definition) is 7. The van der Waals surface area contributed by atoms with E-state index in [1.54, 1.807) is 12.1 Å². The third kappa shape index (κ3) is 4.21. The smallest absolute Gasteiger partial charge is 0.344 e. The Bertz CT molecular complexity index is 824. The van der Waals surface area contributed by atoms with Crippen LogP contribution in [0.4, 0.5) is 0 Å². The molecule has 1 aromatic carbocycles. The molecule has 30 heavy (non-hydrogen) atoms. The van der Waals surface area contributed by atoms with Crippen molar-refractivity contribution >= 4 is 17.8 Å². The van der Waals surface area contributed by atoms with E-state index in [2.05, 4.69) is 5.32 Å². The zero-order chi connectivity index (χ0) is 21.8. The Kier molecular flexibility index (Phi) is 6.81. The average Bonchev–Trinajstić information content (AvgIpc) is 3.26. The lowest BCUT2D eigenvalue weighted by atomic mass is 10.1. The summed E-state index contributed by atoms with van der Waals surface area (Å²) < 4.78 is 21.5. The van der Waals surface area contributed by atoms with E-state index < -0.39 is 18.2 Å². The lowest BCUT2D eigenvalue weighted by molar-refractivity contribution is -0.145. The third-order valence-electron chi connectivity index (χ3n) is 5.15. The Morgan fingerprint density at radius 2 is 2.03 bits per heavy atom. The number of cyclic esters (lactones) is 1. The van der Waals surface area contributed by atoms with E-state index in [9.17, 15) is 14.4 Å². The number of esters is 1. The summed E-state index contributed by atoms with van der Waals surface area (Å²) in [4.78, 5) is 39.3. The van der Waals surface area contributed by atoms with Crippen molar-refractivity contribution in [1.29, 1.82) is 0 Å². The number of methoxy groups -OCH3 is 2. The van der Waals surface area contributed by atoms with E-state index in [4.69, 9.17) is 18.9 Å². The monoisotopic (exact) mass is 420 g/mol. The first-order valence-corrected chi connectivity index (χ1v) is 10.0. The van der Waals surface area contributed by atoms with Crippen LogP contribution in [0.2, 0.25) is 0 Å². The van der Waals surface area contributed by atoms with Crippen molar-refractivity contribution in [3.63, 3.8) is 0 Å². The molecule has 1 N–H and O–H groups in total. The van der Waals surface area contributed by atoms with Gasteiger partial charge in [0.1, 0.15) is 11.6 Å². The lowest BCUT2D eigenvalue weighted by Gasteiger charge is -2.29. The van der Waals surface area contributed by atoms with Gasteiger partial charge in [0, 0.05) is 25.1 Å². The first-order chi connectivity index (χ1) is 14.4. The van der Waals surface area contributed by atoms with E-state index in [-0.39, 0.29) is 35.7 Å². The predicted octanol–water partition coefficient (Wildman–Crippen LogP) is 1.80. The highest BCUT2D eigenvalue weighted by Gasteiger charge is 2.47. The first kappa shape index (κ1) is 21.9. The number of nitrogens with one attached hydrogen (secondary N) is 1. The van der Waals surface area contributed by atoms with Crippen LogP contribution in [0.1, 0.15) is 55.3 Å². The summed E-state index contributed by atoms with van der Waals surface area (Å²) in [7, 11) is 2.90. The van der Waals surface area contributed by atoms with E-state index in [0.29, 0.717) is 37.3 Å². The predicted molar refractivity (Wildman–Crippen MR) is 106 cm³/mol. The second kappa shape index (κ2) is 9.34. The fourth-order valence-electron chi connectivity index (χ4n) is 3.76. The highest BCUT2D eigenvalue weighted by Crippen LogP contribution is 2.45. The zero-order valence-corrected chi connectivity index (χ0v) is 17.7. The summed E-state index contributed by atoms with van der Waals surface area (Å²) in [6.07, 6.45) is 0.413. The molecule has 9 heteroatoms. The van der Waals surface area contributed by atoms with Gasteiger partial charge in [0.2, 0.25) is 18.0 Å². The van der Waals surface area contributed by atoms with Crippen LogP contribution < -0.4 is 14.8 Å². The molecule has 1 aromatic rings. The number of ether oxygens (including phenoxy) is 4. The number of nitrogens with zero attached hydrogens (tertiary/aromatic N) is 1. The van der Waals surface area contributed by atoms with Gasteiger partial charge >= 0.3 is 5.97 Å². The number of carbonyl (C=O) groups excluding carboxylic acids is 3. The minimum absolute atomic E-state index is 0.136. The van der Waals surface area contributed by atoms with Gasteiger partial charge in [0.05, 0.1) is 20.3 Å². The van der Waals surface area contributed by atoms with E-state index in [1.807, 2.05) is 13.8 Å². The average molecular weight is 420 g/mol. The molecule has 0 aliphatic carbocycles. The van der Waals surface area contributed by atoms with Crippen molar-refractivity contribution in [2.75, 3.05) is 27.4 Å². The SMILES string of the molecule is COc1ccc2c(c1OC)C(=O)OC2N1C(=O)CCC1C(=O)NCCCOC(C)C. The molecule has 2 unspecified atom stereocenters. The molecular weight excluding hydrogens is 392 g/mol. The van der Waals surface area contributed by atoms with E-state index in [1.165, 1.54) is 19.1 Å². The van der Waals surface area contributed by atoms with Crippen molar-refractivity contribution in [2.45, 2.75) is 51.5 Å². The topological polar surface area (TPSA) is 103 Å². The number of likely N-dealkylation sites (tertiary alicyclic amines) is 1. The van der Waals surface area contributed by atoms with Crippen LogP contribution >= 0.6 is 0 Å². The minimum atomic E-state index is -0.970. The first-order valence-electron chi connectivity index (χ1n) is 10.0. The largest absolute Gasteiger partial charge is 0.493 e. The van der Waals surface area contributed by atoms with E-state index in [0.717, 1.165) is 0 Å². The van der Waals surface area contributed by atoms with Gasteiger partial charge in [-0.05, 0) is 38.8 Å². The highest BCUT2D eigenvalue weighted by molar-refractivity contribution is 5.99. The highest BCUT2D eigenvalue weighted by atomic mass is 16.6. The molecule has 2 atom stereocenters. The molecule has 0 spiro atoms. The number of amides is 2. The van der Waals surface area contributed by atoms with Gasteiger partial charge in [-0.2, -0.15) is 0 Å². The molecule has 3 rings (SSSR count). The zero-order valence-electron chi connectivity index (χ0n) is 17.7. The molecule has 2 heterocycles. The Morgan fingerprint density at radius 3 is 2.70 bits per heavy atom. The summed E-state index contributed by atoms with van der Waals surface area (Å²) in [5.74, 6) is -0.482. The fourth-order valence-corrected chi connectivity index (χ4v) is 3.76.